The molecule has 0 aliphatic heterocycles. The number of nitrogens with zero attached hydrogens (tertiary/aromatic N) is 2. The molecule has 0 unspecified atom stereocenters. The summed E-state index contributed by atoms with van der Waals surface area (Å²) in [5, 5.41) is 0. The van der Waals surface area contributed by atoms with Crippen LogP contribution in [0, 0.1) is 13.8 Å². The smallest absolute Gasteiger partial charge is 0.310 e. The third-order valence-corrected chi connectivity index (χ3v) is 5.64. The Kier molecular flexibility index (Phi) is 4.39. The van der Waals surface area contributed by atoms with Crippen LogP contribution in [-0.4, -0.2) is 27.7 Å². The number of anilines is 1. The molecule has 3 N–H and O–H groups in total. The van der Waals surface area contributed by atoms with Gasteiger partial charge >= 0.3 is 5.69 Å². The molecule has 0 atom stereocenters. The Morgan fingerprint density at radius 1 is 1.00 bits per heavy atom. The van der Waals surface area contributed by atoms with Gasteiger partial charge in [-0.3, -0.25) is 24.0 Å². The topological polar surface area (TPSA) is 139 Å². The SMILES string of the molecule is Cc1[nH]c(=O)[nH]c(=O)c1S(=O)(=O)Nc1c(C)n(C)n(-c2ccccc2)c1=O. The van der Waals surface area contributed by atoms with E-state index in [9.17, 15) is 22.8 Å². The van der Waals surface area contributed by atoms with Crippen LogP contribution in [0.5, 0.6) is 0 Å². The Hall–Kier alpha value is -3.34. The minimum Gasteiger partial charge on any atom is -0.310 e. The summed E-state index contributed by atoms with van der Waals surface area (Å²) >= 11 is 0. The van der Waals surface area contributed by atoms with Crippen molar-refractivity contribution in [1.82, 2.24) is 19.3 Å². The number of benzene rings is 1. The summed E-state index contributed by atoms with van der Waals surface area (Å²) in [6, 6.07) is 8.69. The number of H-pyrrole nitrogens is 2. The van der Waals surface area contributed by atoms with Crippen molar-refractivity contribution >= 4 is 15.7 Å². The average molecular weight is 391 g/mol. The molecule has 0 aliphatic rings. The molecule has 10 nitrogen and oxygen atoms in total. The van der Waals surface area contributed by atoms with Crippen molar-refractivity contribution in [3.8, 4) is 5.69 Å². The fourth-order valence-corrected chi connectivity index (χ4v) is 4.14. The molecule has 27 heavy (non-hydrogen) atoms. The van der Waals surface area contributed by atoms with E-state index >= 15 is 0 Å². The molecule has 0 fully saturated rings. The molecule has 0 radical (unpaired) electrons. The summed E-state index contributed by atoms with van der Waals surface area (Å²) in [5.41, 5.74) is -1.90. The first-order chi connectivity index (χ1) is 12.6. The van der Waals surface area contributed by atoms with E-state index in [1.807, 2.05) is 4.98 Å². The second-order valence-electron chi connectivity index (χ2n) is 5.90. The van der Waals surface area contributed by atoms with Crippen molar-refractivity contribution in [2.75, 3.05) is 4.72 Å². The van der Waals surface area contributed by atoms with Crippen molar-refractivity contribution in [1.29, 1.82) is 0 Å². The van der Waals surface area contributed by atoms with E-state index in [-0.39, 0.29) is 11.4 Å². The first-order valence-corrected chi connectivity index (χ1v) is 9.32. The predicted molar refractivity (Wildman–Crippen MR) is 99.0 cm³/mol. The van der Waals surface area contributed by atoms with Crippen LogP contribution in [0.3, 0.4) is 0 Å². The van der Waals surface area contributed by atoms with Gasteiger partial charge in [0.25, 0.3) is 21.1 Å². The number of aryl methyl sites for hydroxylation is 1. The van der Waals surface area contributed by atoms with Gasteiger partial charge in [0.15, 0.2) is 4.90 Å². The number of para-hydroxylation sites is 1. The highest BCUT2D eigenvalue weighted by Gasteiger charge is 2.26. The van der Waals surface area contributed by atoms with Crippen LogP contribution in [0.25, 0.3) is 5.69 Å². The highest BCUT2D eigenvalue weighted by molar-refractivity contribution is 7.92. The molecule has 0 aliphatic carbocycles. The molecule has 3 rings (SSSR count). The van der Waals surface area contributed by atoms with Gasteiger partial charge in [0.05, 0.1) is 11.4 Å². The second-order valence-corrected chi connectivity index (χ2v) is 7.52. The van der Waals surface area contributed by atoms with Crippen LogP contribution in [0.2, 0.25) is 0 Å². The zero-order chi connectivity index (χ0) is 19.9. The average Bonchev–Trinajstić information content (AvgIpc) is 2.77. The van der Waals surface area contributed by atoms with Gasteiger partial charge in [-0.1, -0.05) is 18.2 Å². The van der Waals surface area contributed by atoms with E-state index in [1.165, 1.54) is 16.3 Å². The molecule has 142 valence electrons. The molecule has 2 aromatic heterocycles. The highest BCUT2D eigenvalue weighted by atomic mass is 32.2. The normalized spacial score (nSPS) is 11.5. The van der Waals surface area contributed by atoms with Gasteiger partial charge in [-0.15, -0.1) is 0 Å². The molecule has 0 amide bonds. The van der Waals surface area contributed by atoms with Crippen molar-refractivity contribution in [3.05, 3.63) is 72.9 Å². The number of aromatic nitrogens is 4. The fraction of sp³-hybridized carbons (Fsp3) is 0.188. The largest absolute Gasteiger partial charge is 0.325 e. The lowest BCUT2D eigenvalue weighted by Crippen LogP contribution is -2.32. The number of aromatic amines is 2. The lowest BCUT2D eigenvalue weighted by molar-refractivity contribution is 0.597. The zero-order valence-electron chi connectivity index (χ0n) is 14.7. The molecule has 1 aromatic carbocycles. The third-order valence-electron chi connectivity index (χ3n) is 4.13. The van der Waals surface area contributed by atoms with Gasteiger partial charge in [-0.2, -0.15) is 0 Å². The van der Waals surface area contributed by atoms with Gasteiger partial charge in [-0.25, -0.2) is 17.9 Å². The Morgan fingerprint density at radius 3 is 2.22 bits per heavy atom. The first-order valence-electron chi connectivity index (χ1n) is 7.83. The second kappa shape index (κ2) is 6.43. The quantitative estimate of drug-likeness (QED) is 0.573. The van der Waals surface area contributed by atoms with Crippen LogP contribution in [0.4, 0.5) is 5.69 Å². The van der Waals surface area contributed by atoms with Crippen molar-refractivity contribution in [2.45, 2.75) is 18.7 Å². The van der Waals surface area contributed by atoms with E-state index < -0.39 is 31.7 Å². The molecule has 0 spiro atoms. The Morgan fingerprint density at radius 2 is 1.63 bits per heavy atom. The number of sulfonamides is 1. The van der Waals surface area contributed by atoms with Gasteiger partial charge in [-0.05, 0) is 26.0 Å². The highest BCUT2D eigenvalue weighted by Crippen LogP contribution is 2.17. The fourth-order valence-electron chi connectivity index (χ4n) is 2.78. The maximum atomic E-state index is 12.8. The van der Waals surface area contributed by atoms with Crippen molar-refractivity contribution in [2.24, 2.45) is 7.05 Å². The van der Waals surface area contributed by atoms with Gasteiger partial charge in [0, 0.05) is 12.7 Å². The molecule has 11 heteroatoms. The molecule has 2 heterocycles. The number of rotatable bonds is 4. The van der Waals surface area contributed by atoms with Crippen molar-refractivity contribution < 1.29 is 8.42 Å². The number of hydrogen-bond donors (Lipinski definition) is 3. The molecule has 0 saturated carbocycles. The van der Waals surface area contributed by atoms with Gasteiger partial charge < -0.3 is 4.98 Å². The Bertz CT molecular complexity index is 1300. The molecular weight excluding hydrogens is 374 g/mol. The van der Waals surface area contributed by atoms with E-state index in [0.717, 1.165) is 0 Å². The maximum Gasteiger partial charge on any atom is 0.325 e. The van der Waals surface area contributed by atoms with Gasteiger partial charge in [0.2, 0.25) is 0 Å². The Labute approximate surface area is 153 Å². The van der Waals surface area contributed by atoms with Crippen LogP contribution in [0.1, 0.15) is 11.4 Å². The number of hydrogen-bond acceptors (Lipinski definition) is 5. The standard InChI is InChI=1S/C16H17N5O5S/c1-9-13(14(22)18-16(24)17-9)27(25,26)19-12-10(2)20(3)21(15(12)23)11-7-5-4-6-8-11/h4-8,19H,1-3H3,(H2,17,18,22,24). The zero-order valence-corrected chi connectivity index (χ0v) is 15.5. The summed E-state index contributed by atoms with van der Waals surface area (Å²) < 4.78 is 30.4. The molecule has 0 bridgehead atoms. The van der Waals surface area contributed by atoms with Crippen LogP contribution < -0.4 is 21.5 Å². The van der Waals surface area contributed by atoms with E-state index in [1.54, 1.807) is 44.3 Å². The van der Waals surface area contributed by atoms with E-state index in [2.05, 4.69) is 9.71 Å². The van der Waals surface area contributed by atoms with Crippen LogP contribution in [0.15, 0.2) is 49.6 Å². The summed E-state index contributed by atoms with van der Waals surface area (Å²) in [7, 11) is -2.80. The summed E-state index contributed by atoms with van der Waals surface area (Å²) in [6.45, 7) is 2.86. The minimum absolute atomic E-state index is 0.131. The first kappa shape index (κ1) is 18.5. The lowest BCUT2D eigenvalue weighted by atomic mass is 10.3. The summed E-state index contributed by atoms with van der Waals surface area (Å²) in [4.78, 5) is 39.5. The summed E-state index contributed by atoms with van der Waals surface area (Å²) in [6.07, 6.45) is 0. The predicted octanol–water partition coefficient (Wildman–Crippen LogP) is -0.0298. The van der Waals surface area contributed by atoms with Crippen molar-refractivity contribution in [3.63, 3.8) is 0 Å². The van der Waals surface area contributed by atoms with E-state index in [4.69, 9.17) is 0 Å². The van der Waals surface area contributed by atoms with Gasteiger partial charge in [0.1, 0.15) is 5.69 Å². The molecule has 0 saturated heterocycles. The summed E-state index contributed by atoms with van der Waals surface area (Å²) in [5.74, 6) is 0. The number of nitrogens with one attached hydrogen (secondary N) is 3. The Balaban J connectivity index is 2.16. The minimum atomic E-state index is -4.41. The molecule has 3 aromatic rings. The van der Waals surface area contributed by atoms with Crippen LogP contribution in [-0.2, 0) is 17.1 Å². The lowest BCUT2D eigenvalue weighted by Gasteiger charge is -2.08. The maximum absolute atomic E-state index is 12.8. The van der Waals surface area contributed by atoms with E-state index in [0.29, 0.717) is 11.4 Å². The van der Waals surface area contributed by atoms with Crippen LogP contribution >= 0.6 is 0 Å². The molecular formula is C16H17N5O5S. The monoisotopic (exact) mass is 391 g/mol. The third kappa shape index (κ3) is 3.12.